The quantitative estimate of drug-likeness (QED) is 0.675. The van der Waals surface area contributed by atoms with Crippen molar-refractivity contribution in [2.24, 2.45) is 0 Å². The van der Waals surface area contributed by atoms with Gasteiger partial charge in [-0.1, -0.05) is 0 Å². The first-order chi connectivity index (χ1) is 11.4. The van der Waals surface area contributed by atoms with Gasteiger partial charge in [-0.25, -0.2) is 13.2 Å². The van der Waals surface area contributed by atoms with E-state index in [1.54, 1.807) is 0 Å². The first-order valence-electron chi connectivity index (χ1n) is 7.58. The number of amides is 2. The Bertz CT molecular complexity index is 680. The van der Waals surface area contributed by atoms with Crippen LogP contribution in [0.4, 0.5) is 10.5 Å². The van der Waals surface area contributed by atoms with E-state index in [4.69, 9.17) is 9.84 Å². The fourth-order valence-corrected chi connectivity index (χ4v) is 3.82. The molecule has 0 aliphatic carbocycles. The molecule has 8 nitrogen and oxygen atoms in total. The molecule has 0 radical (unpaired) electrons. The average Bonchev–Trinajstić information content (AvgIpc) is 2.99. The van der Waals surface area contributed by atoms with Crippen molar-refractivity contribution in [3.63, 3.8) is 0 Å². The maximum atomic E-state index is 12.3. The Labute approximate surface area is 140 Å². The van der Waals surface area contributed by atoms with Gasteiger partial charge in [-0.2, -0.15) is 0 Å². The molecule has 1 aromatic carbocycles. The molecule has 132 valence electrons. The molecule has 0 bridgehead atoms. The van der Waals surface area contributed by atoms with Gasteiger partial charge in [0.15, 0.2) is 9.84 Å². The van der Waals surface area contributed by atoms with E-state index >= 15 is 0 Å². The second-order valence-corrected chi connectivity index (χ2v) is 7.50. The highest BCUT2D eigenvalue weighted by Crippen LogP contribution is 2.20. The number of anilines is 1. The Balaban J connectivity index is 1.89. The van der Waals surface area contributed by atoms with E-state index in [1.807, 2.05) is 0 Å². The molecular weight excluding hydrogens is 336 g/mol. The Morgan fingerprint density at radius 2 is 1.96 bits per heavy atom. The number of carboxylic acid groups (broad SMARTS) is 1. The summed E-state index contributed by atoms with van der Waals surface area (Å²) in [6.07, 6.45) is 1.19. The summed E-state index contributed by atoms with van der Waals surface area (Å²) in [7, 11) is -3.43. The number of urea groups is 1. The summed E-state index contributed by atoms with van der Waals surface area (Å²) in [6.45, 7) is 0.606. The molecule has 0 saturated carbocycles. The smallest absolute Gasteiger partial charge is 0.319 e. The molecule has 1 unspecified atom stereocenters. The highest BCUT2D eigenvalue weighted by atomic mass is 32.2. The average molecular weight is 356 g/mol. The van der Waals surface area contributed by atoms with Crippen LogP contribution in [0.5, 0.6) is 0 Å². The lowest BCUT2D eigenvalue weighted by molar-refractivity contribution is -0.136. The standard InChI is InChI=1S/C15H20N2O6S/c18-14(19)7-8-16-15(20)17-11-3-5-13(6-4-11)24(21,22)10-12-2-1-9-23-12/h3-6,12H,1-2,7-10H2,(H,18,19)(H2,16,17,20). The van der Waals surface area contributed by atoms with E-state index in [-0.39, 0.29) is 29.7 Å². The van der Waals surface area contributed by atoms with Crippen molar-refractivity contribution in [2.75, 3.05) is 24.2 Å². The van der Waals surface area contributed by atoms with Crippen LogP contribution in [0.2, 0.25) is 0 Å². The van der Waals surface area contributed by atoms with Gasteiger partial charge >= 0.3 is 12.0 Å². The highest BCUT2D eigenvalue weighted by molar-refractivity contribution is 7.91. The number of benzene rings is 1. The molecule has 0 spiro atoms. The third-order valence-electron chi connectivity index (χ3n) is 3.53. The van der Waals surface area contributed by atoms with Gasteiger partial charge < -0.3 is 20.5 Å². The number of ether oxygens (including phenoxy) is 1. The van der Waals surface area contributed by atoms with E-state index in [0.29, 0.717) is 12.3 Å². The molecule has 1 aliphatic heterocycles. The van der Waals surface area contributed by atoms with Crippen LogP contribution in [-0.2, 0) is 19.4 Å². The molecule has 2 amide bonds. The monoisotopic (exact) mass is 356 g/mol. The summed E-state index contributed by atoms with van der Waals surface area (Å²) in [6, 6.07) is 5.28. The topological polar surface area (TPSA) is 122 Å². The van der Waals surface area contributed by atoms with Crippen molar-refractivity contribution < 1.29 is 27.9 Å². The number of hydrogen-bond acceptors (Lipinski definition) is 5. The van der Waals surface area contributed by atoms with Crippen molar-refractivity contribution in [1.29, 1.82) is 0 Å². The fraction of sp³-hybridized carbons (Fsp3) is 0.467. The number of nitrogens with one attached hydrogen (secondary N) is 2. The second kappa shape index (κ2) is 8.11. The lowest BCUT2D eigenvalue weighted by atomic mass is 10.3. The summed E-state index contributed by atoms with van der Waals surface area (Å²) < 4.78 is 29.9. The van der Waals surface area contributed by atoms with Crippen molar-refractivity contribution in [3.05, 3.63) is 24.3 Å². The Morgan fingerprint density at radius 1 is 1.25 bits per heavy atom. The van der Waals surface area contributed by atoms with Crippen LogP contribution in [0, 0.1) is 0 Å². The molecular formula is C15H20N2O6S. The van der Waals surface area contributed by atoms with E-state index < -0.39 is 21.8 Å². The predicted molar refractivity (Wildman–Crippen MR) is 86.7 cm³/mol. The number of carbonyl (C=O) groups is 2. The van der Waals surface area contributed by atoms with Gasteiger partial charge in [0.1, 0.15) is 0 Å². The van der Waals surface area contributed by atoms with Crippen LogP contribution in [0.3, 0.4) is 0 Å². The summed E-state index contributed by atoms with van der Waals surface area (Å²) in [5.41, 5.74) is 0.416. The van der Waals surface area contributed by atoms with Crippen LogP contribution in [0.1, 0.15) is 19.3 Å². The van der Waals surface area contributed by atoms with Gasteiger partial charge in [-0.05, 0) is 37.1 Å². The second-order valence-electron chi connectivity index (χ2n) is 5.47. The van der Waals surface area contributed by atoms with Gasteiger partial charge in [0.05, 0.1) is 23.2 Å². The Hall–Kier alpha value is -2.13. The number of rotatable bonds is 7. The first-order valence-corrected chi connectivity index (χ1v) is 9.23. The number of carboxylic acids is 1. The molecule has 9 heteroatoms. The lowest BCUT2D eigenvalue weighted by Crippen LogP contribution is -2.30. The number of hydrogen-bond donors (Lipinski definition) is 3. The van der Waals surface area contributed by atoms with Crippen LogP contribution in [-0.4, -0.2) is 50.5 Å². The Kier molecular flexibility index (Phi) is 6.16. The number of aliphatic carboxylic acids is 1. The minimum Gasteiger partial charge on any atom is -0.481 e. The minimum absolute atomic E-state index is 0.00895. The molecule has 3 N–H and O–H groups in total. The summed E-state index contributed by atoms with van der Waals surface area (Å²) in [4.78, 5) is 22.1. The lowest BCUT2D eigenvalue weighted by Gasteiger charge is -2.11. The molecule has 1 atom stereocenters. The van der Waals surface area contributed by atoms with Crippen molar-refractivity contribution >= 4 is 27.5 Å². The molecule has 2 rings (SSSR count). The first kappa shape index (κ1) is 18.2. The summed E-state index contributed by atoms with van der Waals surface area (Å²) in [5.74, 6) is -1.05. The zero-order valence-corrected chi connectivity index (χ0v) is 13.8. The minimum atomic E-state index is -3.43. The van der Waals surface area contributed by atoms with Crippen LogP contribution in [0.25, 0.3) is 0 Å². The zero-order chi connectivity index (χ0) is 17.6. The third kappa shape index (κ3) is 5.50. The molecule has 1 aromatic rings. The van der Waals surface area contributed by atoms with Crippen molar-refractivity contribution in [1.82, 2.24) is 5.32 Å². The van der Waals surface area contributed by atoms with E-state index in [0.717, 1.165) is 12.8 Å². The SMILES string of the molecule is O=C(O)CCNC(=O)Nc1ccc(S(=O)(=O)CC2CCCO2)cc1. The van der Waals surface area contributed by atoms with Gasteiger partial charge in [0.2, 0.25) is 0 Å². The van der Waals surface area contributed by atoms with Crippen LogP contribution >= 0.6 is 0 Å². The molecule has 1 aliphatic rings. The third-order valence-corrected chi connectivity index (χ3v) is 5.33. The Morgan fingerprint density at radius 3 is 2.54 bits per heavy atom. The zero-order valence-electron chi connectivity index (χ0n) is 13.0. The largest absolute Gasteiger partial charge is 0.481 e. The highest BCUT2D eigenvalue weighted by Gasteiger charge is 2.24. The van der Waals surface area contributed by atoms with Gasteiger partial charge in [0, 0.05) is 18.8 Å². The predicted octanol–water partition coefficient (Wildman–Crippen LogP) is 1.24. The van der Waals surface area contributed by atoms with E-state index in [2.05, 4.69) is 10.6 Å². The maximum Gasteiger partial charge on any atom is 0.319 e. The van der Waals surface area contributed by atoms with Crippen LogP contribution < -0.4 is 10.6 Å². The molecule has 1 heterocycles. The number of sulfone groups is 1. The van der Waals surface area contributed by atoms with Gasteiger partial charge in [0.25, 0.3) is 0 Å². The van der Waals surface area contributed by atoms with Crippen LogP contribution in [0.15, 0.2) is 29.2 Å². The van der Waals surface area contributed by atoms with Crippen molar-refractivity contribution in [2.45, 2.75) is 30.3 Å². The van der Waals surface area contributed by atoms with Gasteiger partial charge in [-0.3, -0.25) is 4.79 Å². The van der Waals surface area contributed by atoms with Gasteiger partial charge in [-0.15, -0.1) is 0 Å². The summed E-state index contributed by atoms with van der Waals surface area (Å²) >= 11 is 0. The molecule has 1 fully saturated rings. The normalized spacial score (nSPS) is 17.4. The molecule has 0 aromatic heterocycles. The maximum absolute atomic E-state index is 12.3. The summed E-state index contributed by atoms with van der Waals surface area (Å²) in [5, 5.41) is 13.4. The van der Waals surface area contributed by atoms with E-state index in [1.165, 1.54) is 24.3 Å². The molecule has 1 saturated heterocycles. The fourth-order valence-electron chi connectivity index (χ4n) is 2.32. The van der Waals surface area contributed by atoms with Crippen molar-refractivity contribution in [3.8, 4) is 0 Å². The molecule has 24 heavy (non-hydrogen) atoms. The van der Waals surface area contributed by atoms with E-state index in [9.17, 15) is 18.0 Å². The number of carbonyl (C=O) groups excluding carboxylic acids is 1.